The number of guanidine groups is 1. The average molecular weight is 571 g/mol. The van der Waals surface area contributed by atoms with E-state index in [0.29, 0.717) is 31.7 Å². The predicted molar refractivity (Wildman–Crippen MR) is 145 cm³/mol. The molecule has 8 nitrogen and oxygen atoms in total. The number of aldehydes is 1. The highest BCUT2D eigenvalue weighted by molar-refractivity contribution is 6.02. The molecule has 2 aliphatic rings. The largest absolute Gasteiger partial charge is 0.495 e. The van der Waals surface area contributed by atoms with Gasteiger partial charge in [0.25, 0.3) is 0 Å². The maximum absolute atomic E-state index is 15.1. The number of alkyl halides is 3. The summed E-state index contributed by atoms with van der Waals surface area (Å²) in [5.74, 6) is -1.70. The first-order chi connectivity index (χ1) is 19.6. The van der Waals surface area contributed by atoms with E-state index in [1.165, 1.54) is 36.3 Å². The van der Waals surface area contributed by atoms with Gasteiger partial charge in [-0.05, 0) is 36.4 Å². The van der Waals surface area contributed by atoms with Gasteiger partial charge in [0.15, 0.2) is 0 Å². The predicted octanol–water partition coefficient (Wildman–Crippen LogP) is 5.51. The molecule has 0 bridgehead atoms. The van der Waals surface area contributed by atoms with E-state index in [9.17, 15) is 27.9 Å². The highest BCUT2D eigenvalue weighted by Crippen LogP contribution is 2.46. The van der Waals surface area contributed by atoms with Crippen molar-refractivity contribution in [3.05, 3.63) is 83.2 Å². The lowest BCUT2D eigenvalue weighted by atomic mass is 9.96. The summed E-state index contributed by atoms with van der Waals surface area (Å²) in [4.78, 5) is 33.1. The molecule has 0 spiro atoms. The number of halogens is 4. The SMILES string of the molecule is COc1ccc(C(F)(F)F)cc1N1C(N2CCN(c3cccc(C=O)c3)CC2)=Nc2c(F)cccc2[C@@H]1CC(=O)O. The maximum atomic E-state index is 15.1. The molecule has 41 heavy (non-hydrogen) atoms. The van der Waals surface area contributed by atoms with Gasteiger partial charge in [-0.3, -0.25) is 9.59 Å². The number of ether oxygens (including phenoxy) is 1. The fraction of sp³-hybridized carbons (Fsp3) is 0.276. The van der Waals surface area contributed by atoms with Crippen LogP contribution in [0.3, 0.4) is 0 Å². The highest BCUT2D eigenvalue weighted by Gasteiger charge is 2.40. The van der Waals surface area contributed by atoms with Gasteiger partial charge in [-0.2, -0.15) is 13.2 Å². The van der Waals surface area contributed by atoms with E-state index < -0.39 is 36.0 Å². The van der Waals surface area contributed by atoms with Gasteiger partial charge < -0.3 is 24.5 Å². The minimum Gasteiger partial charge on any atom is -0.495 e. The molecule has 2 aliphatic heterocycles. The number of aliphatic carboxylic acids is 1. The van der Waals surface area contributed by atoms with E-state index in [1.807, 2.05) is 11.0 Å². The minimum absolute atomic E-state index is 0.0386. The number of para-hydroxylation sites is 1. The molecule has 0 radical (unpaired) electrons. The van der Waals surface area contributed by atoms with Gasteiger partial charge >= 0.3 is 12.1 Å². The molecule has 1 atom stereocenters. The Hall–Kier alpha value is -4.61. The van der Waals surface area contributed by atoms with Gasteiger partial charge in [0, 0.05) is 43.0 Å². The molecule has 2 heterocycles. The van der Waals surface area contributed by atoms with Crippen LogP contribution in [0.15, 0.2) is 65.7 Å². The number of methoxy groups -OCH3 is 1. The Bertz CT molecular complexity index is 1500. The van der Waals surface area contributed by atoms with Crippen molar-refractivity contribution >= 4 is 35.3 Å². The summed E-state index contributed by atoms with van der Waals surface area (Å²) in [5, 5.41) is 9.82. The Balaban J connectivity index is 1.61. The van der Waals surface area contributed by atoms with Crippen molar-refractivity contribution in [2.75, 3.05) is 43.1 Å². The molecule has 1 saturated heterocycles. The van der Waals surface area contributed by atoms with E-state index in [2.05, 4.69) is 4.99 Å². The summed E-state index contributed by atoms with van der Waals surface area (Å²) in [6, 6.07) is 13.1. The molecule has 1 N–H and O–H groups in total. The first-order valence-corrected chi connectivity index (χ1v) is 12.8. The van der Waals surface area contributed by atoms with Crippen molar-refractivity contribution in [1.82, 2.24) is 4.90 Å². The van der Waals surface area contributed by atoms with Crippen LogP contribution < -0.4 is 14.5 Å². The number of carboxylic acid groups (broad SMARTS) is 1. The van der Waals surface area contributed by atoms with Crippen molar-refractivity contribution in [2.45, 2.75) is 18.6 Å². The minimum atomic E-state index is -4.68. The van der Waals surface area contributed by atoms with E-state index in [1.54, 1.807) is 23.1 Å². The number of fused-ring (bicyclic) bond motifs is 1. The van der Waals surface area contributed by atoms with Gasteiger partial charge in [0.1, 0.15) is 23.5 Å². The van der Waals surface area contributed by atoms with Crippen LogP contribution in [0, 0.1) is 5.82 Å². The quantitative estimate of drug-likeness (QED) is 0.309. The number of carbonyl (C=O) groups excluding carboxylic acids is 1. The summed E-state index contributed by atoms with van der Waals surface area (Å²) >= 11 is 0. The van der Waals surface area contributed by atoms with Crippen molar-refractivity contribution < 1.29 is 37.0 Å². The first kappa shape index (κ1) is 27.9. The second-order valence-corrected chi connectivity index (χ2v) is 9.64. The van der Waals surface area contributed by atoms with Crippen LogP contribution in [-0.2, 0) is 11.0 Å². The van der Waals surface area contributed by atoms with Crippen LogP contribution in [0.25, 0.3) is 0 Å². The Labute approximate surface area is 233 Å². The Morgan fingerprint density at radius 3 is 2.41 bits per heavy atom. The molecule has 0 aliphatic carbocycles. The van der Waals surface area contributed by atoms with Crippen LogP contribution in [-0.4, -0.2) is 61.5 Å². The van der Waals surface area contributed by atoms with Crippen LogP contribution in [0.1, 0.15) is 33.9 Å². The standard InChI is InChI=1S/C29H26F4N4O4/c1-41-25-9-8-19(29(31,32)33)15-24(25)37-23(16-26(39)40)21-6-3-7-22(30)27(21)34-28(37)36-12-10-35(11-13-36)20-5-2-4-18(14-20)17-38/h2-9,14-15,17,23H,10-13,16H2,1H3,(H,39,40)/t23-/m0/s1. The molecule has 5 rings (SSSR count). The van der Waals surface area contributed by atoms with Crippen molar-refractivity contribution in [1.29, 1.82) is 0 Å². The molecular weight excluding hydrogens is 544 g/mol. The van der Waals surface area contributed by atoms with Crippen LogP contribution in [0.4, 0.5) is 34.6 Å². The molecule has 3 aromatic carbocycles. The van der Waals surface area contributed by atoms with E-state index in [4.69, 9.17) is 4.74 Å². The third-order valence-corrected chi connectivity index (χ3v) is 7.18. The van der Waals surface area contributed by atoms with Crippen LogP contribution in [0.2, 0.25) is 0 Å². The number of piperazine rings is 1. The number of nitrogens with zero attached hydrogens (tertiary/aromatic N) is 4. The lowest BCUT2D eigenvalue weighted by Gasteiger charge is -2.45. The number of rotatable bonds is 6. The Morgan fingerprint density at radius 1 is 1.05 bits per heavy atom. The second-order valence-electron chi connectivity index (χ2n) is 9.64. The highest BCUT2D eigenvalue weighted by atomic mass is 19.4. The van der Waals surface area contributed by atoms with Crippen LogP contribution >= 0.6 is 0 Å². The summed E-state index contributed by atoms with van der Waals surface area (Å²) < 4.78 is 61.9. The smallest absolute Gasteiger partial charge is 0.416 e. The van der Waals surface area contributed by atoms with Crippen molar-refractivity contribution in [3.63, 3.8) is 0 Å². The summed E-state index contributed by atoms with van der Waals surface area (Å²) in [5.41, 5.74) is 0.538. The van der Waals surface area contributed by atoms with Gasteiger partial charge in [-0.25, -0.2) is 9.38 Å². The molecule has 0 amide bonds. The molecule has 214 valence electrons. The average Bonchev–Trinajstić information content (AvgIpc) is 2.96. The third kappa shape index (κ3) is 5.54. The maximum Gasteiger partial charge on any atom is 0.416 e. The Kier molecular flexibility index (Phi) is 7.57. The Morgan fingerprint density at radius 2 is 1.76 bits per heavy atom. The number of anilines is 2. The normalized spacial score (nSPS) is 17.1. The van der Waals surface area contributed by atoms with Crippen LogP contribution in [0.5, 0.6) is 5.75 Å². The molecular formula is C29H26F4N4O4. The van der Waals surface area contributed by atoms with E-state index in [-0.39, 0.29) is 28.6 Å². The summed E-state index contributed by atoms with van der Waals surface area (Å²) in [7, 11) is 1.30. The van der Waals surface area contributed by atoms with Crippen molar-refractivity contribution in [2.24, 2.45) is 4.99 Å². The first-order valence-electron chi connectivity index (χ1n) is 12.8. The molecule has 3 aromatic rings. The lowest BCUT2D eigenvalue weighted by molar-refractivity contribution is -0.138. The number of aliphatic imine (C=N–C) groups is 1. The molecule has 1 fully saturated rings. The van der Waals surface area contributed by atoms with Gasteiger partial charge in [0.05, 0.1) is 30.8 Å². The molecule has 12 heteroatoms. The summed E-state index contributed by atoms with van der Waals surface area (Å²) in [6.07, 6.45) is -4.46. The molecule has 0 saturated carbocycles. The van der Waals surface area contributed by atoms with Gasteiger partial charge in [-0.15, -0.1) is 0 Å². The van der Waals surface area contributed by atoms with Crippen molar-refractivity contribution in [3.8, 4) is 5.75 Å². The number of carboxylic acids is 1. The second kappa shape index (κ2) is 11.1. The number of benzene rings is 3. The number of carbonyl (C=O) groups is 2. The third-order valence-electron chi connectivity index (χ3n) is 7.18. The monoisotopic (exact) mass is 570 g/mol. The lowest BCUT2D eigenvalue weighted by Crippen LogP contribution is -2.55. The zero-order valence-electron chi connectivity index (χ0n) is 21.9. The molecule has 0 aromatic heterocycles. The topological polar surface area (TPSA) is 85.7 Å². The zero-order valence-corrected chi connectivity index (χ0v) is 21.9. The number of hydrogen-bond donors (Lipinski definition) is 1. The number of hydrogen-bond acceptors (Lipinski definition) is 7. The van der Waals surface area contributed by atoms with Gasteiger partial charge in [0.2, 0.25) is 5.96 Å². The van der Waals surface area contributed by atoms with Gasteiger partial charge in [-0.1, -0.05) is 24.3 Å². The molecule has 0 unspecified atom stereocenters. The van der Waals surface area contributed by atoms with E-state index >= 15 is 4.39 Å². The fourth-order valence-corrected chi connectivity index (χ4v) is 5.23. The summed E-state index contributed by atoms with van der Waals surface area (Å²) in [6.45, 7) is 1.60. The zero-order chi connectivity index (χ0) is 29.3. The fourth-order valence-electron chi connectivity index (χ4n) is 5.23. The van der Waals surface area contributed by atoms with E-state index in [0.717, 1.165) is 24.1 Å².